The number of hydrogen-bond acceptors (Lipinski definition) is 3. The lowest BCUT2D eigenvalue weighted by Crippen LogP contribution is -2.15. The molecular formula is C17H11ClF2N2OS. The van der Waals surface area contributed by atoms with Gasteiger partial charge in [-0.25, -0.2) is 13.8 Å². The lowest BCUT2D eigenvalue weighted by molar-refractivity contribution is -0.115. The van der Waals surface area contributed by atoms with E-state index in [1.807, 2.05) is 0 Å². The zero-order chi connectivity index (χ0) is 17.1. The number of nitrogens with zero attached hydrogens (tertiary/aromatic N) is 1. The zero-order valence-corrected chi connectivity index (χ0v) is 13.8. The summed E-state index contributed by atoms with van der Waals surface area (Å²) in [4.78, 5) is 16.4. The molecule has 2 aromatic carbocycles. The Labute approximate surface area is 145 Å². The predicted octanol–water partition coefficient (Wildman–Crippen LogP) is 4.92. The van der Waals surface area contributed by atoms with Crippen molar-refractivity contribution in [3.63, 3.8) is 0 Å². The Morgan fingerprint density at radius 3 is 2.67 bits per heavy atom. The summed E-state index contributed by atoms with van der Waals surface area (Å²) in [5.41, 5.74) is 1.36. The van der Waals surface area contributed by atoms with Gasteiger partial charge in [-0.05, 0) is 42.5 Å². The van der Waals surface area contributed by atoms with Crippen LogP contribution in [0.2, 0.25) is 5.02 Å². The number of nitrogens with one attached hydrogen (secondary N) is 1. The van der Waals surface area contributed by atoms with E-state index in [2.05, 4.69) is 10.3 Å². The molecule has 3 nitrogen and oxygen atoms in total. The maximum Gasteiger partial charge on any atom is 0.230 e. The van der Waals surface area contributed by atoms with Crippen molar-refractivity contribution in [1.29, 1.82) is 0 Å². The third-order valence-corrected chi connectivity index (χ3v) is 4.36. The van der Waals surface area contributed by atoms with E-state index in [1.165, 1.54) is 41.7 Å². The standard InChI is InChI=1S/C17H11ClF2N2OS/c18-11-3-6-14(20)15(7-11)22-16(23)8-13-9-24-17(21-13)10-1-4-12(19)5-2-10/h1-7,9H,8H2,(H,22,23). The van der Waals surface area contributed by atoms with Gasteiger partial charge in [-0.2, -0.15) is 0 Å². The molecule has 24 heavy (non-hydrogen) atoms. The molecule has 0 saturated carbocycles. The minimum Gasteiger partial charge on any atom is -0.323 e. The van der Waals surface area contributed by atoms with Gasteiger partial charge in [0.05, 0.1) is 17.8 Å². The molecule has 3 aromatic rings. The van der Waals surface area contributed by atoms with Crippen LogP contribution in [0.25, 0.3) is 10.6 Å². The third kappa shape index (κ3) is 3.96. The lowest BCUT2D eigenvalue weighted by Gasteiger charge is -2.05. The van der Waals surface area contributed by atoms with Crippen molar-refractivity contribution in [3.8, 4) is 10.6 Å². The average molecular weight is 365 g/mol. The van der Waals surface area contributed by atoms with Gasteiger partial charge in [0.1, 0.15) is 16.6 Å². The summed E-state index contributed by atoms with van der Waals surface area (Å²) in [5, 5.41) is 5.23. The van der Waals surface area contributed by atoms with Crippen LogP contribution in [0.1, 0.15) is 5.69 Å². The Balaban J connectivity index is 1.69. The first-order valence-electron chi connectivity index (χ1n) is 6.96. The molecule has 0 spiro atoms. The van der Waals surface area contributed by atoms with Crippen molar-refractivity contribution in [2.45, 2.75) is 6.42 Å². The van der Waals surface area contributed by atoms with Crippen LogP contribution in [0.4, 0.5) is 14.5 Å². The minimum atomic E-state index is -0.557. The highest BCUT2D eigenvalue weighted by Crippen LogP contribution is 2.24. The van der Waals surface area contributed by atoms with Crippen LogP contribution in [0, 0.1) is 11.6 Å². The number of anilines is 1. The molecule has 1 amide bonds. The second-order valence-electron chi connectivity index (χ2n) is 5.00. The van der Waals surface area contributed by atoms with Crippen molar-refractivity contribution in [1.82, 2.24) is 4.98 Å². The van der Waals surface area contributed by atoms with Crippen molar-refractivity contribution in [2.24, 2.45) is 0 Å². The van der Waals surface area contributed by atoms with Crippen molar-refractivity contribution < 1.29 is 13.6 Å². The summed E-state index contributed by atoms with van der Waals surface area (Å²) < 4.78 is 26.5. The van der Waals surface area contributed by atoms with E-state index in [1.54, 1.807) is 17.5 Å². The van der Waals surface area contributed by atoms with Gasteiger partial charge in [0.15, 0.2) is 0 Å². The SMILES string of the molecule is O=C(Cc1csc(-c2ccc(F)cc2)n1)Nc1cc(Cl)ccc1F. The van der Waals surface area contributed by atoms with Gasteiger partial charge >= 0.3 is 0 Å². The summed E-state index contributed by atoms with van der Waals surface area (Å²) in [6.07, 6.45) is 0.00362. The third-order valence-electron chi connectivity index (χ3n) is 3.19. The topological polar surface area (TPSA) is 42.0 Å². The first kappa shape index (κ1) is 16.5. The van der Waals surface area contributed by atoms with Crippen LogP contribution in [-0.4, -0.2) is 10.9 Å². The van der Waals surface area contributed by atoms with E-state index in [4.69, 9.17) is 11.6 Å². The number of halogens is 3. The molecule has 0 saturated heterocycles. The van der Waals surface area contributed by atoms with Gasteiger partial charge in [0.25, 0.3) is 0 Å². The van der Waals surface area contributed by atoms with Gasteiger partial charge in [-0.3, -0.25) is 4.79 Å². The fourth-order valence-electron chi connectivity index (χ4n) is 2.07. The number of aromatic nitrogens is 1. The molecule has 0 unspecified atom stereocenters. The summed E-state index contributed by atoms with van der Waals surface area (Å²) in [7, 11) is 0. The quantitative estimate of drug-likeness (QED) is 0.713. The number of carbonyl (C=O) groups is 1. The molecule has 0 atom stereocenters. The first-order valence-corrected chi connectivity index (χ1v) is 8.22. The summed E-state index contributed by atoms with van der Waals surface area (Å²) in [5.74, 6) is -1.27. The minimum absolute atomic E-state index is 0.00362. The number of hydrogen-bond donors (Lipinski definition) is 1. The zero-order valence-electron chi connectivity index (χ0n) is 12.2. The maximum atomic E-state index is 13.6. The highest BCUT2D eigenvalue weighted by Gasteiger charge is 2.12. The van der Waals surface area contributed by atoms with Gasteiger partial charge in [0.2, 0.25) is 5.91 Å². The van der Waals surface area contributed by atoms with Crippen LogP contribution < -0.4 is 5.32 Å². The van der Waals surface area contributed by atoms with Crippen molar-refractivity contribution in [3.05, 3.63) is 70.2 Å². The highest BCUT2D eigenvalue weighted by atomic mass is 35.5. The highest BCUT2D eigenvalue weighted by molar-refractivity contribution is 7.13. The Morgan fingerprint density at radius 1 is 1.17 bits per heavy atom. The molecule has 1 aromatic heterocycles. The van der Waals surface area contributed by atoms with E-state index in [-0.39, 0.29) is 17.9 Å². The molecule has 7 heteroatoms. The first-order chi connectivity index (χ1) is 11.5. The van der Waals surface area contributed by atoms with Crippen LogP contribution in [0.15, 0.2) is 47.8 Å². The van der Waals surface area contributed by atoms with E-state index >= 15 is 0 Å². The molecule has 0 bridgehead atoms. The molecule has 0 radical (unpaired) electrons. The van der Waals surface area contributed by atoms with Crippen LogP contribution in [0.3, 0.4) is 0 Å². The number of thiazole rings is 1. The van der Waals surface area contributed by atoms with Crippen LogP contribution in [0.5, 0.6) is 0 Å². The predicted molar refractivity (Wildman–Crippen MR) is 91.3 cm³/mol. The molecule has 3 rings (SSSR count). The van der Waals surface area contributed by atoms with Gasteiger partial charge in [-0.15, -0.1) is 11.3 Å². The van der Waals surface area contributed by atoms with E-state index in [0.29, 0.717) is 15.7 Å². The van der Waals surface area contributed by atoms with Gasteiger partial charge in [-0.1, -0.05) is 11.6 Å². The summed E-state index contributed by atoms with van der Waals surface area (Å²) in [6.45, 7) is 0. The average Bonchev–Trinajstić information content (AvgIpc) is 3.00. The van der Waals surface area contributed by atoms with Crippen LogP contribution in [-0.2, 0) is 11.2 Å². The largest absolute Gasteiger partial charge is 0.323 e. The van der Waals surface area contributed by atoms with E-state index < -0.39 is 11.7 Å². The second-order valence-corrected chi connectivity index (χ2v) is 6.29. The second kappa shape index (κ2) is 7.07. The molecule has 0 aliphatic carbocycles. The molecule has 1 N–H and O–H groups in total. The normalized spacial score (nSPS) is 10.6. The molecule has 0 aliphatic rings. The molecule has 0 aliphatic heterocycles. The fraction of sp³-hybridized carbons (Fsp3) is 0.0588. The Hall–Kier alpha value is -2.31. The Kier molecular flexibility index (Phi) is 4.87. The summed E-state index contributed by atoms with van der Waals surface area (Å²) >= 11 is 7.14. The van der Waals surface area contributed by atoms with Gasteiger partial charge < -0.3 is 5.32 Å². The molecule has 1 heterocycles. The van der Waals surface area contributed by atoms with Crippen LogP contribution >= 0.6 is 22.9 Å². The maximum absolute atomic E-state index is 13.6. The Bertz CT molecular complexity index is 881. The number of carbonyl (C=O) groups excluding carboxylic acids is 1. The van der Waals surface area contributed by atoms with E-state index in [0.717, 1.165) is 5.56 Å². The molecular weight excluding hydrogens is 354 g/mol. The Morgan fingerprint density at radius 2 is 1.92 bits per heavy atom. The lowest BCUT2D eigenvalue weighted by atomic mass is 10.2. The number of rotatable bonds is 4. The van der Waals surface area contributed by atoms with Gasteiger partial charge in [0, 0.05) is 16.0 Å². The molecule has 122 valence electrons. The smallest absolute Gasteiger partial charge is 0.230 e. The van der Waals surface area contributed by atoms with Crippen molar-refractivity contribution >= 4 is 34.5 Å². The van der Waals surface area contributed by atoms with E-state index in [9.17, 15) is 13.6 Å². The molecule has 0 fully saturated rings. The number of benzene rings is 2. The fourth-order valence-corrected chi connectivity index (χ4v) is 3.06. The van der Waals surface area contributed by atoms with Crippen molar-refractivity contribution in [2.75, 3.05) is 5.32 Å². The number of amides is 1. The monoisotopic (exact) mass is 364 g/mol. The summed E-state index contributed by atoms with van der Waals surface area (Å²) in [6, 6.07) is 9.89.